The maximum Gasteiger partial charge on any atom is 0.329 e. The SMILES string of the molecule is CCOC(=O)C1CSCCN1C(=O)c1cccc(N)c1Cl. The molecule has 2 N–H and O–H groups in total. The Labute approximate surface area is 132 Å². The lowest BCUT2D eigenvalue weighted by Gasteiger charge is -2.33. The maximum absolute atomic E-state index is 12.7. The van der Waals surface area contributed by atoms with Crippen molar-refractivity contribution in [2.75, 3.05) is 30.4 Å². The number of ether oxygens (including phenoxy) is 1. The Hall–Kier alpha value is -1.40. The first-order valence-electron chi connectivity index (χ1n) is 6.65. The third kappa shape index (κ3) is 3.44. The lowest BCUT2D eigenvalue weighted by molar-refractivity contribution is -0.147. The van der Waals surface area contributed by atoms with Gasteiger partial charge in [0.15, 0.2) is 0 Å². The second kappa shape index (κ2) is 7.04. The number of thioether (sulfide) groups is 1. The molecule has 1 fully saturated rings. The lowest BCUT2D eigenvalue weighted by Crippen LogP contribution is -2.51. The van der Waals surface area contributed by atoms with Crippen LogP contribution in [0, 0.1) is 0 Å². The topological polar surface area (TPSA) is 72.6 Å². The number of benzene rings is 1. The zero-order valence-corrected chi connectivity index (χ0v) is 13.2. The van der Waals surface area contributed by atoms with Crippen molar-refractivity contribution in [2.45, 2.75) is 13.0 Å². The molecule has 1 atom stereocenters. The van der Waals surface area contributed by atoms with Crippen molar-refractivity contribution in [3.8, 4) is 0 Å². The molecule has 1 aromatic carbocycles. The van der Waals surface area contributed by atoms with Crippen molar-refractivity contribution in [3.05, 3.63) is 28.8 Å². The number of nitrogen functional groups attached to an aromatic ring is 1. The van der Waals surface area contributed by atoms with Crippen molar-refractivity contribution in [3.63, 3.8) is 0 Å². The fourth-order valence-electron chi connectivity index (χ4n) is 2.15. The van der Waals surface area contributed by atoms with E-state index in [4.69, 9.17) is 22.1 Å². The molecule has 0 radical (unpaired) electrons. The molecule has 0 aromatic heterocycles. The van der Waals surface area contributed by atoms with Gasteiger partial charge in [-0.25, -0.2) is 4.79 Å². The second-order valence-electron chi connectivity index (χ2n) is 4.55. The van der Waals surface area contributed by atoms with Gasteiger partial charge in [0.2, 0.25) is 0 Å². The lowest BCUT2D eigenvalue weighted by atomic mass is 10.1. The Morgan fingerprint density at radius 3 is 3.00 bits per heavy atom. The molecule has 1 heterocycles. The van der Waals surface area contributed by atoms with E-state index in [1.165, 1.54) is 4.90 Å². The van der Waals surface area contributed by atoms with Crippen LogP contribution in [0.4, 0.5) is 5.69 Å². The molecule has 1 aromatic rings. The van der Waals surface area contributed by atoms with E-state index in [9.17, 15) is 9.59 Å². The summed E-state index contributed by atoms with van der Waals surface area (Å²) in [6.07, 6.45) is 0. The second-order valence-corrected chi connectivity index (χ2v) is 6.08. The summed E-state index contributed by atoms with van der Waals surface area (Å²) < 4.78 is 5.05. The largest absolute Gasteiger partial charge is 0.464 e. The van der Waals surface area contributed by atoms with Gasteiger partial charge in [-0.3, -0.25) is 4.79 Å². The summed E-state index contributed by atoms with van der Waals surface area (Å²) in [5, 5.41) is 0.225. The number of amides is 1. The summed E-state index contributed by atoms with van der Waals surface area (Å²) in [6.45, 7) is 2.52. The highest BCUT2D eigenvalue weighted by Gasteiger charge is 2.34. The first-order valence-corrected chi connectivity index (χ1v) is 8.18. The predicted molar refractivity (Wildman–Crippen MR) is 84.6 cm³/mol. The van der Waals surface area contributed by atoms with E-state index in [1.807, 2.05) is 0 Å². The molecule has 21 heavy (non-hydrogen) atoms. The van der Waals surface area contributed by atoms with Gasteiger partial charge in [0.05, 0.1) is 22.9 Å². The highest BCUT2D eigenvalue weighted by atomic mass is 35.5. The average Bonchev–Trinajstić information content (AvgIpc) is 2.49. The summed E-state index contributed by atoms with van der Waals surface area (Å²) >= 11 is 7.73. The molecular formula is C14H17ClN2O3S. The van der Waals surface area contributed by atoms with Crippen molar-refractivity contribution >= 4 is 40.9 Å². The van der Waals surface area contributed by atoms with Gasteiger partial charge in [-0.05, 0) is 19.1 Å². The van der Waals surface area contributed by atoms with Crippen LogP contribution in [0.5, 0.6) is 0 Å². The van der Waals surface area contributed by atoms with Gasteiger partial charge in [0.25, 0.3) is 5.91 Å². The van der Waals surface area contributed by atoms with Crippen LogP contribution in [-0.2, 0) is 9.53 Å². The number of halogens is 1. The van der Waals surface area contributed by atoms with E-state index in [0.29, 0.717) is 30.2 Å². The van der Waals surface area contributed by atoms with Crippen LogP contribution in [0.15, 0.2) is 18.2 Å². The number of hydrogen-bond donors (Lipinski definition) is 1. The molecule has 1 amide bonds. The molecule has 5 nitrogen and oxygen atoms in total. The van der Waals surface area contributed by atoms with Crippen LogP contribution in [-0.4, -0.2) is 47.5 Å². The van der Waals surface area contributed by atoms with Gasteiger partial charge < -0.3 is 15.4 Å². The molecule has 1 unspecified atom stereocenters. The van der Waals surface area contributed by atoms with Crippen LogP contribution in [0.1, 0.15) is 17.3 Å². The van der Waals surface area contributed by atoms with Crippen LogP contribution >= 0.6 is 23.4 Å². The number of nitrogens with zero attached hydrogens (tertiary/aromatic N) is 1. The van der Waals surface area contributed by atoms with Crippen molar-refractivity contribution < 1.29 is 14.3 Å². The van der Waals surface area contributed by atoms with Crippen molar-refractivity contribution in [2.24, 2.45) is 0 Å². The van der Waals surface area contributed by atoms with E-state index in [1.54, 1.807) is 36.9 Å². The average molecular weight is 329 g/mol. The Morgan fingerprint density at radius 1 is 1.52 bits per heavy atom. The van der Waals surface area contributed by atoms with Crippen LogP contribution < -0.4 is 5.73 Å². The maximum atomic E-state index is 12.7. The number of anilines is 1. The number of rotatable bonds is 3. The Morgan fingerprint density at radius 2 is 2.29 bits per heavy atom. The van der Waals surface area contributed by atoms with Crippen LogP contribution in [0.25, 0.3) is 0 Å². The number of carbonyl (C=O) groups excluding carboxylic acids is 2. The molecule has 0 saturated carbocycles. The molecule has 2 rings (SSSR count). The van der Waals surface area contributed by atoms with Crippen LogP contribution in [0.2, 0.25) is 5.02 Å². The minimum absolute atomic E-state index is 0.225. The zero-order chi connectivity index (χ0) is 15.4. The summed E-state index contributed by atoms with van der Waals surface area (Å²) in [5.74, 6) is 0.648. The molecule has 0 aliphatic carbocycles. The van der Waals surface area contributed by atoms with E-state index in [2.05, 4.69) is 0 Å². The van der Waals surface area contributed by atoms with E-state index >= 15 is 0 Å². The summed E-state index contributed by atoms with van der Waals surface area (Å²) in [5.41, 5.74) is 6.40. The normalized spacial score (nSPS) is 18.4. The zero-order valence-electron chi connectivity index (χ0n) is 11.7. The van der Waals surface area contributed by atoms with Gasteiger partial charge in [-0.15, -0.1) is 0 Å². The number of carbonyl (C=O) groups is 2. The number of esters is 1. The molecule has 114 valence electrons. The fraction of sp³-hybridized carbons (Fsp3) is 0.429. The van der Waals surface area contributed by atoms with Gasteiger partial charge in [-0.1, -0.05) is 17.7 Å². The van der Waals surface area contributed by atoms with Crippen molar-refractivity contribution in [1.29, 1.82) is 0 Å². The molecule has 1 saturated heterocycles. The van der Waals surface area contributed by atoms with Crippen LogP contribution in [0.3, 0.4) is 0 Å². The Bertz CT molecular complexity index is 553. The fourth-order valence-corrected chi connectivity index (χ4v) is 3.39. The monoisotopic (exact) mass is 328 g/mol. The van der Waals surface area contributed by atoms with Gasteiger partial charge in [0, 0.05) is 18.1 Å². The predicted octanol–water partition coefficient (Wildman–Crippen LogP) is 2.04. The summed E-state index contributed by atoms with van der Waals surface area (Å²) in [6, 6.07) is 4.35. The van der Waals surface area contributed by atoms with E-state index in [-0.39, 0.29) is 16.9 Å². The van der Waals surface area contributed by atoms with E-state index < -0.39 is 6.04 Å². The molecule has 0 bridgehead atoms. The van der Waals surface area contributed by atoms with Crippen molar-refractivity contribution in [1.82, 2.24) is 4.90 Å². The summed E-state index contributed by atoms with van der Waals surface area (Å²) in [4.78, 5) is 26.2. The smallest absolute Gasteiger partial charge is 0.329 e. The molecular weight excluding hydrogens is 312 g/mol. The number of hydrogen-bond acceptors (Lipinski definition) is 5. The molecule has 0 spiro atoms. The third-order valence-corrected chi connectivity index (χ3v) is 4.65. The first-order chi connectivity index (χ1) is 10.1. The number of nitrogens with two attached hydrogens (primary N) is 1. The molecule has 1 aliphatic rings. The highest BCUT2D eigenvalue weighted by Crippen LogP contribution is 2.27. The summed E-state index contributed by atoms with van der Waals surface area (Å²) in [7, 11) is 0. The minimum atomic E-state index is -0.575. The highest BCUT2D eigenvalue weighted by molar-refractivity contribution is 7.99. The Balaban J connectivity index is 2.26. The minimum Gasteiger partial charge on any atom is -0.464 e. The molecule has 1 aliphatic heterocycles. The van der Waals surface area contributed by atoms with E-state index in [0.717, 1.165) is 5.75 Å². The third-order valence-electron chi connectivity index (χ3n) is 3.21. The van der Waals surface area contributed by atoms with Gasteiger partial charge >= 0.3 is 5.97 Å². The van der Waals surface area contributed by atoms with Gasteiger partial charge in [0.1, 0.15) is 6.04 Å². The van der Waals surface area contributed by atoms with Gasteiger partial charge in [-0.2, -0.15) is 11.8 Å². The quantitative estimate of drug-likeness (QED) is 0.679. The standard InChI is InChI=1S/C14H17ClN2O3S/c1-2-20-14(19)11-8-21-7-6-17(11)13(18)9-4-3-5-10(16)12(9)15/h3-5,11H,2,6-8,16H2,1H3. The molecule has 7 heteroatoms. The first kappa shape index (κ1) is 16.0. The Kier molecular flexibility index (Phi) is 5.36.